The van der Waals surface area contributed by atoms with E-state index in [1.807, 2.05) is 0 Å². The predicted octanol–water partition coefficient (Wildman–Crippen LogP) is 6.77. The van der Waals surface area contributed by atoms with Gasteiger partial charge in [-0.3, -0.25) is 0 Å². The minimum Gasteiger partial charge on any atom is -0.478 e. The quantitative estimate of drug-likeness (QED) is 0.198. The number of anilines is 3. The Hall–Kier alpha value is -4.85. The third kappa shape index (κ3) is 6.96. The van der Waals surface area contributed by atoms with Crippen LogP contribution in [0.1, 0.15) is 27.3 Å². The first-order chi connectivity index (χ1) is 18.8. The van der Waals surface area contributed by atoms with Gasteiger partial charge in [-0.05, 0) is 80.6 Å². The van der Waals surface area contributed by atoms with Crippen LogP contribution in [-0.2, 0) is 16.2 Å². The van der Waals surface area contributed by atoms with Gasteiger partial charge >= 0.3 is 12.1 Å². The summed E-state index contributed by atoms with van der Waals surface area (Å²) in [4.78, 5) is 19.9. The fraction of sp³-hybridized carbons (Fsp3) is 0.115. The van der Waals surface area contributed by atoms with E-state index in [1.165, 1.54) is 54.6 Å². The van der Waals surface area contributed by atoms with Crippen LogP contribution in [0.2, 0.25) is 0 Å². The molecule has 40 heavy (non-hydrogen) atoms. The van der Waals surface area contributed by atoms with Crippen LogP contribution >= 0.6 is 0 Å². The van der Waals surface area contributed by atoms with E-state index in [2.05, 4.69) is 30.2 Å². The maximum atomic E-state index is 13.0. The SMILES string of the molecule is Cc1cc(C)nc(NS(=O)(=O)c2ccc(N=Nc3ccc(Nc4cccc(C(F)(F)F)c4)c(C(=O)O)c3)cc2)n1. The van der Waals surface area contributed by atoms with Gasteiger partial charge in [0.25, 0.3) is 10.0 Å². The van der Waals surface area contributed by atoms with E-state index in [-0.39, 0.29) is 39.2 Å². The summed E-state index contributed by atoms with van der Waals surface area (Å²) < 4.78 is 66.7. The van der Waals surface area contributed by atoms with Crippen molar-refractivity contribution in [2.45, 2.75) is 24.9 Å². The lowest BCUT2D eigenvalue weighted by atomic mass is 10.1. The second kappa shape index (κ2) is 11.1. The van der Waals surface area contributed by atoms with Gasteiger partial charge in [0.05, 0.1) is 33.1 Å². The first-order valence-electron chi connectivity index (χ1n) is 11.5. The lowest BCUT2D eigenvalue weighted by Crippen LogP contribution is -2.15. The summed E-state index contributed by atoms with van der Waals surface area (Å²) in [6, 6.07) is 15.5. The van der Waals surface area contributed by atoms with Crippen LogP contribution in [0.3, 0.4) is 0 Å². The van der Waals surface area contributed by atoms with Crippen molar-refractivity contribution in [2.24, 2.45) is 10.2 Å². The highest BCUT2D eigenvalue weighted by Gasteiger charge is 2.30. The summed E-state index contributed by atoms with van der Waals surface area (Å²) in [5.41, 5.74) is 0.629. The van der Waals surface area contributed by atoms with E-state index in [1.54, 1.807) is 19.9 Å². The van der Waals surface area contributed by atoms with Crippen molar-refractivity contribution < 1.29 is 31.5 Å². The molecule has 0 saturated carbocycles. The molecule has 4 aromatic rings. The molecule has 0 fully saturated rings. The molecule has 0 amide bonds. The molecule has 3 aromatic carbocycles. The first kappa shape index (κ1) is 28.2. The van der Waals surface area contributed by atoms with E-state index in [4.69, 9.17) is 0 Å². The van der Waals surface area contributed by atoms with Gasteiger partial charge in [0.15, 0.2) is 0 Å². The Bertz CT molecular complexity index is 1690. The average Bonchev–Trinajstić information content (AvgIpc) is 2.87. The molecule has 14 heteroatoms. The maximum absolute atomic E-state index is 13.0. The standard InChI is InChI=1S/C26H21F3N6O4S/c1-15-12-16(2)31-25(30-15)35-40(38,39)21-9-6-18(7-10-21)33-34-20-8-11-23(22(14-20)24(36)37)32-19-5-3-4-17(13-19)26(27,28)29/h3-14,32H,1-2H3,(H,36,37)(H,30,31,35). The Labute approximate surface area is 226 Å². The topological polar surface area (TPSA) is 146 Å². The zero-order valence-electron chi connectivity index (χ0n) is 20.9. The molecule has 0 saturated heterocycles. The van der Waals surface area contributed by atoms with Gasteiger partial charge in [0.1, 0.15) is 0 Å². The lowest BCUT2D eigenvalue weighted by molar-refractivity contribution is -0.137. The highest BCUT2D eigenvalue weighted by molar-refractivity contribution is 7.92. The number of carbonyl (C=O) groups is 1. The molecule has 3 N–H and O–H groups in total. The van der Waals surface area contributed by atoms with Gasteiger partial charge in [0.2, 0.25) is 5.95 Å². The molecular formula is C26H21F3N6O4S. The van der Waals surface area contributed by atoms with Crippen molar-refractivity contribution in [3.8, 4) is 0 Å². The fourth-order valence-corrected chi connectivity index (χ4v) is 4.51. The zero-order chi connectivity index (χ0) is 29.1. The van der Waals surface area contributed by atoms with Crippen LogP contribution in [0.25, 0.3) is 0 Å². The third-order valence-corrected chi connectivity index (χ3v) is 6.68. The molecule has 0 atom stereocenters. The molecule has 0 aliphatic rings. The van der Waals surface area contributed by atoms with Gasteiger partial charge < -0.3 is 10.4 Å². The largest absolute Gasteiger partial charge is 0.478 e. The summed E-state index contributed by atoms with van der Waals surface area (Å²) in [6.45, 7) is 3.43. The van der Waals surface area contributed by atoms with E-state index in [0.29, 0.717) is 11.4 Å². The minimum atomic E-state index is -4.55. The van der Waals surface area contributed by atoms with Crippen LogP contribution in [0.15, 0.2) is 87.9 Å². The number of sulfonamides is 1. The third-order valence-electron chi connectivity index (χ3n) is 5.34. The Morgan fingerprint density at radius 3 is 2.12 bits per heavy atom. The van der Waals surface area contributed by atoms with E-state index in [9.17, 15) is 31.5 Å². The normalized spacial score (nSPS) is 11.9. The summed E-state index contributed by atoms with van der Waals surface area (Å²) in [5, 5.41) is 20.3. The number of aryl methyl sites for hydroxylation is 2. The fourth-order valence-electron chi connectivity index (χ4n) is 3.57. The van der Waals surface area contributed by atoms with Crippen molar-refractivity contribution in [1.82, 2.24) is 9.97 Å². The highest BCUT2D eigenvalue weighted by atomic mass is 32.2. The number of hydrogen-bond acceptors (Lipinski definition) is 8. The molecule has 1 heterocycles. The number of carboxylic acids is 1. The number of azo groups is 1. The van der Waals surface area contributed by atoms with E-state index < -0.39 is 27.7 Å². The van der Waals surface area contributed by atoms with Crippen molar-refractivity contribution in [1.29, 1.82) is 0 Å². The molecule has 0 bridgehead atoms. The van der Waals surface area contributed by atoms with E-state index >= 15 is 0 Å². The highest BCUT2D eigenvalue weighted by Crippen LogP contribution is 2.33. The number of halogens is 3. The number of aromatic nitrogens is 2. The Kier molecular flexibility index (Phi) is 7.81. The molecule has 10 nitrogen and oxygen atoms in total. The summed E-state index contributed by atoms with van der Waals surface area (Å²) in [6.07, 6.45) is -4.55. The van der Waals surface area contributed by atoms with Crippen molar-refractivity contribution >= 4 is 44.7 Å². The second-order valence-corrected chi connectivity index (χ2v) is 10.2. The average molecular weight is 571 g/mol. The molecule has 4 rings (SSSR count). The van der Waals surface area contributed by atoms with Crippen molar-refractivity contribution in [3.63, 3.8) is 0 Å². The number of hydrogen-bond donors (Lipinski definition) is 3. The monoisotopic (exact) mass is 570 g/mol. The number of benzene rings is 3. The molecular weight excluding hydrogens is 549 g/mol. The minimum absolute atomic E-state index is 0.0542. The second-order valence-electron chi connectivity index (χ2n) is 8.51. The maximum Gasteiger partial charge on any atom is 0.416 e. The molecule has 0 aliphatic heterocycles. The van der Waals surface area contributed by atoms with Crippen molar-refractivity contribution in [2.75, 3.05) is 10.0 Å². The predicted molar refractivity (Wildman–Crippen MR) is 141 cm³/mol. The zero-order valence-corrected chi connectivity index (χ0v) is 21.7. The summed E-state index contributed by atoms with van der Waals surface area (Å²) in [7, 11) is -3.97. The van der Waals surface area contributed by atoms with Crippen LogP contribution in [-0.4, -0.2) is 29.5 Å². The number of aromatic carboxylic acids is 1. The Balaban J connectivity index is 1.50. The number of nitrogens with one attached hydrogen (secondary N) is 2. The number of alkyl halides is 3. The summed E-state index contributed by atoms with van der Waals surface area (Å²) >= 11 is 0. The van der Waals surface area contributed by atoms with Gasteiger partial charge in [-0.25, -0.2) is 27.9 Å². The smallest absolute Gasteiger partial charge is 0.416 e. The molecule has 0 radical (unpaired) electrons. The van der Waals surface area contributed by atoms with Gasteiger partial charge in [-0.15, -0.1) is 0 Å². The summed E-state index contributed by atoms with van der Waals surface area (Å²) in [5.74, 6) is -1.39. The number of rotatable bonds is 8. The molecule has 0 aliphatic carbocycles. The van der Waals surface area contributed by atoms with Gasteiger partial charge in [-0.1, -0.05) is 6.07 Å². The van der Waals surface area contributed by atoms with Crippen LogP contribution in [0.4, 0.5) is 41.9 Å². The van der Waals surface area contributed by atoms with Crippen LogP contribution in [0, 0.1) is 13.8 Å². The van der Waals surface area contributed by atoms with Crippen LogP contribution < -0.4 is 10.0 Å². The molecule has 206 valence electrons. The van der Waals surface area contributed by atoms with Crippen LogP contribution in [0.5, 0.6) is 0 Å². The van der Waals surface area contributed by atoms with E-state index in [0.717, 1.165) is 12.1 Å². The molecule has 0 unspecified atom stereocenters. The Morgan fingerprint density at radius 1 is 0.875 bits per heavy atom. The van der Waals surface area contributed by atoms with Gasteiger partial charge in [-0.2, -0.15) is 23.4 Å². The molecule has 1 aromatic heterocycles. The Morgan fingerprint density at radius 2 is 1.50 bits per heavy atom. The molecule has 0 spiro atoms. The number of nitrogens with zero attached hydrogens (tertiary/aromatic N) is 4. The first-order valence-corrected chi connectivity index (χ1v) is 13.0. The lowest BCUT2D eigenvalue weighted by Gasteiger charge is -2.12. The van der Waals surface area contributed by atoms with Gasteiger partial charge in [0, 0.05) is 17.1 Å². The number of carboxylic acid groups (broad SMARTS) is 1. The van der Waals surface area contributed by atoms with Crippen molar-refractivity contribution in [3.05, 3.63) is 95.3 Å².